The SMILES string of the molecule is CCOC(=O)c1c(NC(=O)Cn2cc(Br)c(C)n2)sc2c1CCCC2. The molecule has 0 aromatic carbocycles. The Bertz CT molecular complexity index is 793. The number of anilines is 1. The lowest BCUT2D eigenvalue weighted by Crippen LogP contribution is -2.20. The van der Waals surface area contributed by atoms with Crippen LogP contribution in [0, 0.1) is 6.92 Å². The molecule has 1 aliphatic carbocycles. The zero-order valence-corrected chi connectivity index (χ0v) is 16.6. The number of amides is 1. The van der Waals surface area contributed by atoms with Crippen LogP contribution in [-0.4, -0.2) is 28.3 Å². The van der Waals surface area contributed by atoms with Gasteiger partial charge in [0.15, 0.2) is 0 Å². The fourth-order valence-corrected chi connectivity index (χ4v) is 4.57. The van der Waals surface area contributed by atoms with Gasteiger partial charge in [-0.1, -0.05) is 0 Å². The first-order chi connectivity index (χ1) is 12.0. The number of nitrogens with one attached hydrogen (secondary N) is 1. The molecule has 0 unspecified atom stereocenters. The highest BCUT2D eigenvalue weighted by Gasteiger charge is 2.27. The van der Waals surface area contributed by atoms with Crippen LogP contribution in [-0.2, 0) is 28.9 Å². The summed E-state index contributed by atoms with van der Waals surface area (Å²) in [5, 5.41) is 7.75. The molecule has 1 N–H and O–H groups in total. The van der Waals surface area contributed by atoms with Gasteiger partial charge in [0.05, 0.1) is 22.3 Å². The van der Waals surface area contributed by atoms with Crippen molar-refractivity contribution in [2.75, 3.05) is 11.9 Å². The van der Waals surface area contributed by atoms with Gasteiger partial charge in [0.1, 0.15) is 11.5 Å². The van der Waals surface area contributed by atoms with Crippen LogP contribution in [0.5, 0.6) is 0 Å². The number of hydrogen-bond acceptors (Lipinski definition) is 5. The molecular formula is C17H20BrN3O3S. The Kier molecular flexibility index (Phi) is 5.58. The fraction of sp³-hybridized carbons (Fsp3) is 0.471. The molecule has 0 atom stereocenters. The number of hydrogen-bond donors (Lipinski definition) is 1. The molecule has 0 saturated heterocycles. The standard InChI is InChI=1S/C17H20BrN3O3S/c1-3-24-17(23)15-11-6-4-5-7-13(11)25-16(15)19-14(22)9-21-8-12(18)10(2)20-21/h8H,3-7,9H2,1-2H3,(H,19,22). The second-order valence-electron chi connectivity index (χ2n) is 5.94. The van der Waals surface area contributed by atoms with Gasteiger partial charge in [-0.05, 0) is 61.0 Å². The van der Waals surface area contributed by atoms with Crippen molar-refractivity contribution in [3.8, 4) is 0 Å². The van der Waals surface area contributed by atoms with E-state index in [1.165, 1.54) is 16.2 Å². The van der Waals surface area contributed by atoms with E-state index in [2.05, 4.69) is 26.3 Å². The third-order valence-electron chi connectivity index (χ3n) is 4.10. The number of carbonyl (C=O) groups excluding carboxylic acids is 2. The van der Waals surface area contributed by atoms with Gasteiger partial charge in [0, 0.05) is 11.1 Å². The van der Waals surface area contributed by atoms with Gasteiger partial charge >= 0.3 is 5.97 Å². The smallest absolute Gasteiger partial charge is 0.341 e. The predicted molar refractivity (Wildman–Crippen MR) is 100 cm³/mol. The Morgan fingerprint density at radius 2 is 2.16 bits per heavy atom. The van der Waals surface area contributed by atoms with E-state index < -0.39 is 0 Å². The van der Waals surface area contributed by atoms with E-state index in [0.717, 1.165) is 41.4 Å². The number of aromatic nitrogens is 2. The molecule has 0 fully saturated rings. The lowest BCUT2D eigenvalue weighted by Gasteiger charge is -2.12. The maximum atomic E-state index is 12.4. The predicted octanol–water partition coefficient (Wildman–Crippen LogP) is 3.71. The molecule has 2 heterocycles. The fourth-order valence-electron chi connectivity index (χ4n) is 2.96. The van der Waals surface area contributed by atoms with Crippen LogP contribution in [0.3, 0.4) is 0 Å². The summed E-state index contributed by atoms with van der Waals surface area (Å²) >= 11 is 4.88. The molecule has 1 aliphatic rings. The molecule has 0 aliphatic heterocycles. The summed E-state index contributed by atoms with van der Waals surface area (Å²) in [5.41, 5.74) is 2.40. The van der Waals surface area contributed by atoms with E-state index in [1.54, 1.807) is 17.8 Å². The first-order valence-corrected chi connectivity index (χ1v) is 9.91. The molecule has 0 saturated carbocycles. The number of thiophene rings is 1. The molecule has 0 spiro atoms. The van der Waals surface area contributed by atoms with Gasteiger partial charge in [0.2, 0.25) is 5.91 Å². The number of carbonyl (C=O) groups is 2. The molecule has 8 heteroatoms. The van der Waals surface area contributed by atoms with E-state index in [0.29, 0.717) is 17.2 Å². The molecule has 3 rings (SSSR count). The minimum Gasteiger partial charge on any atom is -0.462 e. The summed E-state index contributed by atoms with van der Waals surface area (Å²) in [7, 11) is 0. The van der Waals surface area contributed by atoms with Crippen LogP contribution >= 0.6 is 27.3 Å². The van der Waals surface area contributed by atoms with Crippen LogP contribution in [0.1, 0.15) is 46.3 Å². The van der Waals surface area contributed by atoms with Crippen molar-refractivity contribution in [1.82, 2.24) is 9.78 Å². The summed E-state index contributed by atoms with van der Waals surface area (Å²) in [4.78, 5) is 26.0. The normalized spacial score (nSPS) is 13.4. The minimum atomic E-state index is -0.352. The molecule has 1 amide bonds. The summed E-state index contributed by atoms with van der Waals surface area (Å²) < 4.78 is 7.64. The number of esters is 1. The number of fused-ring (bicyclic) bond motifs is 1. The Labute approximate surface area is 158 Å². The van der Waals surface area contributed by atoms with Crippen molar-refractivity contribution in [3.63, 3.8) is 0 Å². The van der Waals surface area contributed by atoms with Gasteiger partial charge < -0.3 is 10.1 Å². The largest absolute Gasteiger partial charge is 0.462 e. The monoisotopic (exact) mass is 425 g/mol. The average Bonchev–Trinajstić information content (AvgIpc) is 3.06. The average molecular weight is 426 g/mol. The number of ether oxygens (including phenoxy) is 1. The van der Waals surface area contributed by atoms with Crippen molar-refractivity contribution in [1.29, 1.82) is 0 Å². The van der Waals surface area contributed by atoms with Crippen LogP contribution in [0.15, 0.2) is 10.7 Å². The summed E-state index contributed by atoms with van der Waals surface area (Å²) in [5.74, 6) is -0.561. The second-order valence-corrected chi connectivity index (χ2v) is 7.90. The highest BCUT2D eigenvalue weighted by atomic mass is 79.9. The Balaban J connectivity index is 1.82. The second kappa shape index (κ2) is 7.70. The van der Waals surface area contributed by atoms with E-state index in [1.807, 2.05) is 6.92 Å². The van der Waals surface area contributed by atoms with E-state index in [4.69, 9.17) is 4.74 Å². The Morgan fingerprint density at radius 3 is 2.84 bits per heavy atom. The minimum absolute atomic E-state index is 0.0945. The first kappa shape index (κ1) is 18.1. The molecule has 25 heavy (non-hydrogen) atoms. The molecule has 0 radical (unpaired) electrons. The molecule has 2 aromatic rings. The lowest BCUT2D eigenvalue weighted by atomic mass is 9.95. The third kappa shape index (κ3) is 3.95. The molecule has 2 aromatic heterocycles. The summed E-state index contributed by atoms with van der Waals surface area (Å²) in [6.45, 7) is 4.06. The number of rotatable bonds is 5. The molecular weight excluding hydrogens is 406 g/mol. The Hall–Kier alpha value is -1.67. The van der Waals surface area contributed by atoms with Crippen LogP contribution in [0.25, 0.3) is 0 Å². The van der Waals surface area contributed by atoms with Crippen molar-refractivity contribution in [2.45, 2.75) is 46.1 Å². The van der Waals surface area contributed by atoms with Crippen molar-refractivity contribution in [2.24, 2.45) is 0 Å². The van der Waals surface area contributed by atoms with Crippen LogP contribution in [0.2, 0.25) is 0 Å². The number of nitrogens with zero attached hydrogens (tertiary/aromatic N) is 2. The summed E-state index contributed by atoms with van der Waals surface area (Å²) in [6, 6.07) is 0. The zero-order chi connectivity index (χ0) is 18.0. The Morgan fingerprint density at radius 1 is 1.40 bits per heavy atom. The van der Waals surface area contributed by atoms with Gasteiger partial charge in [0.25, 0.3) is 0 Å². The molecule has 134 valence electrons. The number of halogens is 1. The van der Waals surface area contributed by atoms with E-state index in [-0.39, 0.29) is 18.4 Å². The molecule has 6 nitrogen and oxygen atoms in total. The maximum Gasteiger partial charge on any atom is 0.341 e. The van der Waals surface area contributed by atoms with Crippen molar-refractivity contribution >= 4 is 44.1 Å². The zero-order valence-electron chi connectivity index (χ0n) is 14.2. The van der Waals surface area contributed by atoms with Crippen LogP contribution in [0.4, 0.5) is 5.00 Å². The quantitative estimate of drug-likeness (QED) is 0.740. The first-order valence-electron chi connectivity index (χ1n) is 8.30. The van der Waals surface area contributed by atoms with Gasteiger partial charge in [-0.15, -0.1) is 11.3 Å². The highest BCUT2D eigenvalue weighted by Crippen LogP contribution is 2.38. The van der Waals surface area contributed by atoms with Gasteiger partial charge in [-0.25, -0.2) is 4.79 Å². The van der Waals surface area contributed by atoms with Crippen molar-refractivity contribution in [3.05, 3.63) is 32.4 Å². The summed E-state index contributed by atoms with van der Waals surface area (Å²) in [6.07, 6.45) is 5.75. The van der Waals surface area contributed by atoms with Gasteiger partial charge in [-0.3, -0.25) is 9.48 Å². The number of aryl methyl sites for hydroxylation is 2. The topological polar surface area (TPSA) is 73.2 Å². The molecule has 0 bridgehead atoms. The third-order valence-corrected chi connectivity index (χ3v) is 6.08. The highest BCUT2D eigenvalue weighted by molar-refractivity contribution is 9.10. The lowest BCUT2D eigenvalue weighted by molar-refractivity contribution is -0.116. The maximum absolute atomic E-state index is 12.4. The van der Waals surface area contributed by atoms with E-state index >= 15 is 0 Å². The van der Waals surface area contributed by atoms with E-state index in [9.17, 15) is 9.59 Å². The van der Waals surface area contributed by atoms with Crippen LogP contribution < -0.4 is 5.32 Å². The van der Waals surface area contributed by atoms with Crippen molar-refractivity contribution < 1.29 is 14.3 Å². The van der Waals surface area contributed by atoms with Gasteiger partial charge in [-0.2, -0.15) is 5.10 Å².